The number of aromatic nitrogens is 2. The molecule has 1 amide bonds. The van der Waals surface area contributed by atoms with Gasteiger partial charge in [-0.05, 0) is 53.8 Å². The van der Waals surface area contributed by atoms with Gasteiger partial charge in [0.1, 0.15) is 29.0 Å². The zero-order valence-electron chi connectivity index (χ0n) is 25.4. The Morgan fingerprint density at radius 1 is 1.04 bits per heavy atom. The number of benzene rings is 3. The van der Waals surface area contributed by atoms with Crippen LogP contribution in [0.5, 0.6) is 11.5 Å². The Kier molecular flexibility index (Phi) is 8.46. The number of nitrogens with zero attached hydrogens (tertiary/aromatic N) is 2. The van der Waals surface area contributed by atoms with Crippen LogP contribution in [-0.4, -0.2) is 53.7 Å². The summed E-state index contributed by atoms with van der Waals surface area (Å²) >= 11 is 0. The van der Waals surface area contributed by atoms with Crippen molar-refractivity contribution in [3.8, 4) is 11.5 Å². The van der Waals surface area contributed by atoms with Crippen LogP contribution in [0.1, 0.15) is 43.4 Å². The number of amides is 1. The Hall–Kier alpha value is -4.87. The molecule has 1 fully saturated rings. The SMILES string of the molecule is COc1ccc(C(OC[C@@H]2CC[C@H](N3CNc4c3nc(NC(=O)C(C)C)[nH]c4=O)O2)(c2ccccc2)c2ccc(O)cc2)cc1. The van der Waals surface area contributed by atoms with Crippen LogP contribution in [-0.2, 0) is 19.9 Å². The number of phenolic OH excluding ortho intramolecular Hbond substituents is 1. The van der Waals surface area contributed by atoms with E-state index in [9.17, 15) is 14.7 Å². The third-order valence-electron chi connectivity index (χ3n) is 8.23. The Bertz CT molecular complexity index is 1690. The number of aromatic amines is 1. The van der Waals surface area contributed by atoms with Gasteiger partial charge in [0.05, 0.1) is 26.5 Å². The van der Waals surface area contributed by atoms with Crippen LogP contribution in [0.2, 0.25) is 0 Å². The first-order valence-electron chi connectivity index (χ1n) is 15.0. The second-order valence-electron chi connectivity index (χ2n) is 11.5. The highest BCUT2D eigenvalue weighted by atomic mass is 16.6. The number of phenols is 1. The van der Waals surface area contributed by atoms with Crippen molar-refractivity contribution in [3.05, 3.63) is 106 Å². The Labute approximate surface area is 261 Å². The first kappa shape index (κ1) is 30.2. The lowest BCUT2D eigenvalue weighted by molar-refractivity contribution is -0.118. The molecule has 6 rings (SSSR count). The second-order valence-corrected chi connectivity index (χ2v) is 11.5. The third kappa shape index (κ3) is 5.96. The summed E-state index contributed by atoms with van der Waals surface area (Å²) in [5.41, 5.74) is 1.64. The van der Waals surface area contributed by atoms with E-state index in [1.807, 2.05) is 71.6 Å². The Balaban J connectivity index is 1.27. The maximum Gasteiger partial charge on any atom is 0.277 e. The zero-order valence-corrected chi connectivity index (χ0v) is 25.4. The van der Waals surface area contributed by atoms with E-state index in [2.05, 4.69) is 20.6 Å². The summed E-state index contributed by atoms with van der Waals surface area (Å²) in [6.07, 6.45) is 0.813. The number of nitrogens with one attached hydrogen (secondary N) is 3. The second kappa shape index (κ2) is 12.6. The molecule has 1 unspecified atom stereocenters. The molecule has 0 saturated carbocycles. The molecule has 0 radical (unpaired) electrons. The van der Waals surface area contributed by atoms with Gasteiger partial charge in [-0.1, -0.05) is 68.4 Å². The quantitative estimate of drug-likeness (QED) is 0.187. The molecule has 0 bridgehead atoms. The largest absolute Gasteiger partial charge is 0.508 e. The number of ether oxygens (including phenoxy) is 3. The maximum atomic E-state index is 12.8. The highest BCUT2D eigenvalue weighted by Gasteiger charge is 2.41. The molecule has 1 saturated heterocycles. The highest BCUT2D eigenvalue weighted by molar-refractivity contribution is 5.90. The maximum absolute atomic E-state index is 12.8. The lowest BCUT2D eigenvalue weighted by Gasteiger charge is -2.37. The number of H-pyrrole nitrogens is 1. The van der Waals surface area contributed by atoms with Crippen molar-refractivity contribution in [3.63, 3.8) is 0 Å². The van der Waals surface area contributed by atoms with Gasteiger partial charge in [0.25, 0.3) is 5.56 Å². The number of carbonyl (C=O) groups is 1. The van der Waals surface area contributed by atoms with Crippen molar-refractivity contribution in [2.24, 2.45) is 5.92 Å². The first-order valence-corrected chi connectivity index (χ1v) is 15.0. The number of fused-ring (bicyclic) bond motifs is 1. The van der Waals surface area contributed by atoms with E-state index in [1.165, 1.54) is 0 Å². The molecule has 4 aromatic rings. The zero-order chi connectivity index (χ0) is 31.6. The first-order chi connectivity index (χ1) is 21.8. The normalized spacial score (nSPS) is 18.7. The van der Waals surface area contributed by atoms with Crippen LogP contribution < -0.4 is 25.8 Å². The molecule has 1 aromatic heterocycles. The molecule has 2 aliphatic heterocycles. The number of hydrogen-bond donors (Lipinski definition) is 4. The summed E-state index contributed by atoms with van der Waals surface area (Å²) in [5, 5.41) is 15.9. The predicted octanol–water partition coefficient (Wildman–Crippen LogP) is 4.78. The highest BCUT2D eigenvalue weighted by Crippen LogP contribution is 2.42. The number of methoxy groups -OCH3 is 1. The molecule has 234 valence electrons. The van der Waals surface area contributed by atoms with Crippen LogP contribution in [0.15, 0.2) is 83.7 Å². The predicted molar refractivity (Wildman–Crippen MR) is 171 cm³/mol. The van der Waals surface area contributed by atoms with E-state index >= 15 is 0 Å². The fourth-order valence-electron chi connectivity index (χ4n) is 5.83. The van der Waals surface area contributed by atoms with E-state index in [0.29, 0.717) is 24.6 Å². The summed E-state index contributed by atoms with van der Waals surface area (Å²) in [6, 6.07) is 24.8. The molecule has 11 heteroatoms. The van der Waals surface area contributed by atoms with Gasteiger partial charge in [-0.3, -0.25) is 19.9 Å². The number of aromatic hydroxyl groups is 1. The van der Waals surface area contributed by atoms with E-state index in [1.54, 1.807) is 33.1 Å². The summed E-state index contributed by atoms with van der Waals surface area (Å²) < 4.78 is 18.9. The Morgan fingerprint density at radius 3 is 2.38 bits per heavy atom. The van der Waals surface area contributed by atoms with Crippen molar-refractivity contribution >= 4 is 23.4 Å². The van der Waals surface area contributed by atoms with E-state index in [-0.39, 0.29) is 48.0 Å². The number of rotatable bonds is 10. The molecule has 3 heterocycles. The molecule has 3 atom stereocenters. The van der Waals surface area contributed by atoms with Crippen molar-refractivity contribution in [2.75, 3.05) is 35.9 Å². The summed E-state index contributed by atoms with van der Waals surface area (Å²) in [7, 11) is 1.63. The summed E-state index contributed by atoms with van der Waals surface area (Å²) in [4.78, 5) is 34.1. The van der Waals surface area contributed by atoms with Crippen molar-refractivity contribution in [1.82, 2.24) is 9.97 Å². The number of carbonyl (C=O) groups excluding carboxylic acids is 1. The molecule has 45 heavy (non-hydrogen) atoms. The molecule has 3 aromatic carbocycles. The van der Waals surface area contributed by atoms with Crippen LogP contribution in [0.4, 0.5) is 17.5 Å². The van der Waals surface area contributed by atoms with Gasteiger partial charge in [-0.15, -0.1) is 0 Å². The lowest BCUT2D eigenvalue weighted by Crippen LogP contribution is -2.38. The van der Waals surface area contributed by atoms with E-state index in [0.717, 1.165) is 28.9 Å². The van der Waals surface area contributed by atoms with Gasteiger partial charge >= 0.3 is 0 Å². The summed E-state index contributed by atoms with van der Waals surface area (Å²) in [6.45, 7) is 4.15. The van der Waals surface area contributed by atoms with Crippen LogP contribution in [0.25, 0.3) is 0 Å². The standard InChI is InChI=1S/C34H37N5O6/c1-21(2)31(41)37-33-36-30-29(32(42)38-33)35-20-39(30)28-18-17-27(45-28)19-44-34(22-7-5-4-6-8-22,23-9-13-25(40)14-10-23)24-11-15-26(43-3)16-12-24/h4-16,21,27-28,35,40H,17-20H2,1-3H3,(H2,36,37,38,41,42)/t27-,28+,34?/m0/s1. The number of anilines is 3. The minimum Gasteiger partial charge on any atom is -0.508 e. The average molecular weight is 612 g/mol. The molecule has 0 spiro atoms. The molecular weight excluding hydrogens is 574 g/mol. The molecule has 4 N–H and O–H groups in total. The molecular formula is C34H37N5O6. The van der Waals surface area contributed by atoms with Crippen molar-refractivity contribution in [2.45, 2.75) is 44.6 Å². The smallest absolute Gasteiger partial charge is 0.277 e. The monoisotopic (exact) mass is 611 g/mol. The van der Waals surface area contributed by atoms with Gasteiger partial charge in [0.15, 0.2) is 5.82 Å². The average Bonchev–Trinajstić information content (AvgIpc) is 3.70. The summed E-state index contributed by atoms with van der Waals surface area (Å²) in [5.74, 6) is 0.926. The fourth-order valence-corrected chi connectivity index (χ4v) is 5.83. The minimum atomic E-state index is -1.01. The van der Waals surface area contributed by atoms with Crippen molar-refractivity contribution in [1.29, 1.82) is 0 Å². The van der Waals surface area contributed by atoms with Gasteiger partial charge in [0.2, 0.25) is 11.9 Å². The topological polar surface area (TPSA) is 138 Å². The van der Waals surface area contributed by atoms with Gasteiger partial charge < -0.3 is 29.5 Å². The van der Waals surface area contributed by atoms with Crippen LogP contribution in [0, 0.1) is 5.92 Å². The van der Waals surface area contributed by atoms with Gasteiger partial charge in [-0.2, -0.15) is 4.98 Å². The fraction of sp³-hybridized carbons (Fsp3) is 0.324. The third-order valence-corrected chi connectivity index (χ3v) is 8.23. The molecule has 2 aliphatic rings. The Morgan fingerprint density at radius 2 is 1.71 bits per heavy atom. The minimum absolute atomic E-state index is 0.102. The van der Waals surface area contributed by atoms with Crippen LogP contribution >= 0.6 is 0 Å². The number of hydrogen-bond acceptors (Lipinski definition) is 9. The van der Waals surface area contributed by atoms with E-state index in [4.69, 9.17) is 14.2 Å². The lowest BCUT2D eigenvalue weighted by atomic mass is 9.80. The van der Waals surface area contributed by atoms with E-state index < -0.39 is 5.60 Å². The van der Waals surface area contributed by atoms with Gasteiger partial charge in [0, 0.05) is 5.92 Å². The van der Waals surface area contributed by atoms with Crippen LogP contribution in [0.3, 0.4) is 0 Å². The van der Waals surface area contributed by atoms with Crippen molar-refractivity contribution < 1.29 is 24.1 Å². The van der Waals surface area contributed by atoms with Gasteiger partial charge in [-0.25, -0.2) is 0 Å². The molecule has 0 aliphatic carbocycles. The molecule has 11 nitrogen and oxygen atoms in total.